The Morgan fingerprint density at radius 3 is 2.13 bits per heavy atom. The van der Waals surface area contributed by atoms with Crippen LogP contribution in [0.1, 0.15) is 5.56 Å². The van der Waals surface area contributed by atoms with E-state index in [-0.39, 0.29) is 0 Å². The lowest BCUT2D eigenvalue weighted by molar-refractivity contribution is -0.0893. The van der Waals surface area contributed by atoms with Crippen molar-refractivity contribution in [2.24, 2.45) is 0 Å². The van der Waals surface area contributed by atoms with Gasteiger partial charge in [0.05, 0.1) is 0 Å². The Labute approximate surface area is 132 Å². The number of allylic oxidation sites excluding steroid dienone is 1. The maximum Gasteiger partial charge on any atom is 0.431 e. The van der Waals surface area contributed by atoms with Gasteiger partial charge in [0.15, 0.2) is 0 Å². The first-order chi connectivity index (χ1) is 11.0. The second kappa shape index (κ2) is 6.16. The van der Waals surface area contributed by atoms with E-state index in [1.54, 1.807) is 42.5 Å². The van der Waals surface area contributed by atoms with Crippen molar-refractivity contribution in [2.45, 2.75) is 6.18 Å². The molecule has 0 heterocycles. The average Bonchev–Trinajstić information content (AvgIpc) is 2.54. The summed E-state index contributed by atoms with van der Waals surface area (Å²) in [6, 6.07) is 21.1. The van der Waals surface area contributed by atoms with E-state index in [0.717, 1.165) is 16.8 Å². The summed E-state index contributed by atoms with van der Waals surface area (Å²) in [4.78, 5) is 0. The summed E-state index contributed by atoms with van der Waals surface area (Å²) in [5.74, 6) is 0. The minimum atomic E-state index is -4.46. The van der Waals surface area contributed by atoms with Crippen molar-refractivity contribution in [3.05, 3.63) is 84.1 Å². The molecule has 0 saturated heterocycles. The van der Waals surface area contributed by atoms with Gasteiger partial charge in [-0.05, 0) is 40.6 Å². The first-order valence-electron chi connectivity index (χ1n) is 7.12. The highest BCUT2D eigenvalue weighted by atomic mass is 19.4. The van der Waals surface area contributed by atoms with Crippen LogP contribution in [0.15, 0.2) is 78.5 Å². The molecule has 0 unspecified atom stereocenters. The molecule has 0 aliphatic heterocycles. The SMILES string of the molecule is FC(F)(F)C(=Cc1ccc2ccccc2c1)Nc1ccccc1. The molecule has 3 aromatic rings. The van der Waals surface area contributed by atoms with Gasteiger partial charge in [-0.25, -0.2) is 0 Å². The monoisotopic (exact) mass is 313 g/mol. The van der Waals surface area contributed by atoms with Crippen LogP contribution in [0.25, 0.3) is 16.8 Å². The highest BCUT2D eigenvalue weighted by molar-refractivity contribution is 5.85. The van der Waals surface area contributed by atoms with Crippen LogP contribution in [0.5, 0.6) is 0 Å². The van der Waals surface area contributed by atoms with Gasteiger partial charge in [-0.3, -0.25) is 0 Å². The lowest BCUT2D eigenvalue weighted by Gasteiger charge is -2.14. The Balaban J connectivity index is 1.99. The number of nitrogens with one attached hydrogen (secondary N) is 1. The lowest BCUT2D eigenvalue weighted by Crippen LogP contribution is -2.18. The van der Waals surface area contributed by atoms with Crippen LogP contribution in [-0.2, 0) is 0 Å². The fourth-order valence-corrected chi connectivity index (χ4v) is 2.33. The molecule has 0 radical (unpaired) electrons. The normalized spacial score (nSPS) is 12.4. The fourth-order valence-electron chi connectivity index (χ4n) is 2.33. The Kier molecular flexibility index (Phi) is 4.06. The predicted octanol–water partition coefficient (Wildman–Crippen LogP) is 5.86. The van der Waals surface area contributed by atoms with E-state index in [2.05, 4.69) is 5.32 Å². The van der Waals surface area contributed by atoms with Crippen LogP contribution < -0.4 is 5.32 Å². The predicted molar refractivity (Wildman–Crippen MR) is 88.0 cm³/mol. The largest absolute Gasteiger partial charge is 0.431 e. The van der Waals surface area contributed by atoms with Gasteiger partial charge < -0.3 is 5.32 Å². The molecular weight excluding hydrogens is 299 g/mol. The topological polar surface area (TPSA) is 12.0 Å². The molecule has 0 atom stereocenters. The first-order valence-corrected chi connectivity index (χ1v) is 7.12. The number of hydrogen-bond donors (Lipinski definition) is 1. The number of hydrogen-bond acceptors (Lipinski definition) is 1. The molecule has 0 amide bonds. The number of benzene rings is 3. The third-order valence-corrected chi connectivity index (χ3v) is 3.44. The molecule has 3 aromatic carbocycles. The molecule has 116 valence electrons. The standard InChI is InChI=1S/C19H14F3N/c20-19(21,22)18(23-17-8-2-1-3-9-17)13-14-10-11-15-6-4-5-7-16(15)12-14/h1-13,23H. The van der Waals surface area contributed by atoms with Crippen molar-refractivity contribution in [3.8, 4) is 0 Å². The van der Waals surface area contributed by atoms with E-state index < -0.39 is 11.9 Å². The zero-order chi connectivity index (χ0) is 16.3. The second-order valence-corrected chi connectivity index (χ2v) is 5.15. The van der Waals surface area contributed by atoms with Gasteiger partial charge in [0, 0.05) is 5.69 Å². The molecule has 3 rings (SSSR count). The van der Waals surface area contributed by atoms with Crippen LogP contribution in [0.3, 0.4) is 0 Å². The van der Waals surface area contributed by atoms with Gasteiger partial charge in [0.1, 0.15) is 5.70 Å². The van der Waals surface area contributed by atoms with Crippen LogP contribution in [0, 0.1) is 0 Å². The first kappa shape index (κ1) is 15.2. The Bertz CT molecular complexity index is 836. The summed E-state index contributed by atoms with van der Waals surface area (Å²) in [5, 5.41) is 4.35. The molecule has 1 N–H and O–H groups in total. The molecule has 0 aromatic heterocycles. The molecular formula is C19H14F3N. The van der Waals surface area contributed by atoms with Crippen LogP contribution in [0.2, 0.25) is 0 Å². The van der Waals surface area contributed by atoms with Gasteiger partial charge >= 0.3 is 6.18 Å². The lowest BCUT2D eigenvalue weighted by atomic mass is 10.1. The number of rotatable bonds is 3. The Morgan fingerprint density at radius 2 is 1.43 bits per heavy atom. The highest BCUT2D eigenvalue weighted by Crippen LogP contribution is 2.29. The summed E-state index contributed by atoms with van der Waals surface area (Å²) in [5.41, 5.74) is 0.107. The molecule has 0 bridgehead atoms. The zero-order valence-electron chi connectivity index (χ0n) is 12.1. The van der Waals surface area contributed by atoms with Crippen molar-refractivity contribution in [1.82, 2.24) is 0 Å². The van der Waals surface area contributed by atoms with E-state index in [1.807, 2.05) is 30.3 Å². The number of halogens is 3. The summed E-state index contributed by atoms with van der Waals surface area (Å²) < 4.78 is 39.8. The number of anilines is 1. The summed E-state index contributed by atoms with van der Waals surface area (Å²) in [7, 11) is 0. The number of alkyl halides is 3. The Morgan fingerprint density at radius 1 is 0.783 bits per heavy atom. The maximum atomic E-state index is 13.3. The smallest absolute Gasteiger partial charge is 0.352 e. The number of fused-ring (bicyclic) bond motifs is 1. The molecule has 0 aliphatic carbocycles. The molecule has 23 heavy (non-hydrogen) atoms. The van der Waals surface area contributed by atoms with E-state index in [0.29, 0.717) is 11.3 Å². The Hall–Kier alpha value is -2.75. The zero-order valence-corrected chi connectivity index (χ0v) is 12.1. The van der Waals surface area contributed by atoms with Gasteiger partial charge in [-0.2, -0.15) is 13.2 Å². The maximum absolute atomic E-state index is 13.3. The molecule has 4 heteroatoms. The van der Waals surface area contributed by atoms with Crippen molar-refractivity contribution in [1.29, 1.82) is 0 Å². The van der Waals surface area contributed by atoms with Crippen molar-refractivity contribution in [3.63, 3.8) is 0 Å². The molecule has 1 nitrogen and oxygen atoms in total. The van der Waals surface area contributed by atoms with E-state index in [1.165, 1.54) is 0 Å². The molecule has 0 spiro atoms. The van der Waals surface area contributed by atoms with Crippen molar-refractivity contribution in [2.75, 3.05) is 5.32 Å². The van der Waals surface area contributed by atoms with E-state index >= 15 is 0 Å². The van der Waals surface area contributed by atoms with Crippen LogP contribution >= 0.6 is 0 Å². The molecule has 0 fully saturated rings. The number of para-hydroxylation sites is 1. The van der Waals surface area contributed by atoms with Gasteiger partial charge in [0.2, 0.25) is 0 Å². The average molecular weight is 313 g/mol. The summed E-state index contributed by atoms with van der Waals surface area (Å²) >= 11 is 0. The summed E-state index contributed by atoms with van der Waals surface area (Å²) in [6.07, 6.45) is -3.33. The van der Waals surface area contributed by atoms with Gasteiger partial charge in [-0.1, -0.05) is 54.6 Å². The van der Waals surface area contributed by atoms with E-state index in [4.69, 9.17) is 0 Å². The minimum Gasteiger partial charge on any atom is -0.352 e. The van der Waals surface area contributed by atoms with E-state index in [9.17, 15) is 13.2 Å². The molecule has 0 saturated carbocycles. The van der Waals surface area contributed by atoms with Crippen LogP contribution in [-0.4, -0.2) is 6.18 Å². The third kappa shape index (κ3) is 3.72. The van der Waals surface area contributed by atoms with Crippen molar-refractivity contribution >= 4 is 22.5 Å². The van der Waals surface area contributed by atoms with Gasteiger partial charge in [-0.15, -0.1) is 0 Å². The second-order valence-electron chi connectivity index (χ2n) is 5.15. The van der Waals surface area contributed by atoms with Crippen LogP contribution in [0.4, 0.5) is 18.9 Å². The quantitative estimate of drug-likeness (QED) is 0.639. The third-order valence-electron chi connectivity index (χ3n) is 3.44. The van der Waals surface area contributed by atoms with Gasteiger partial charge in [0.25, 0.3) is 0 Å². The van der Waals surface area contributed by atoms with Crippen molar-refractivity contribution < 1.29 is 13.2 Å². The molecule has 0 aliphatic rings. The minimum absolute atomic E-state index is 0.400. The fraction of sp³-hybridized carbons (Fsp3) is 0.0526. The highest BCUT2D eigenvalue weighted by Gasteiger charge is 2.33. The summed E-state index contributed by atoms with van der Waals surface area (Å²) in [6.45, 7) is 0.